The van der Waals surface area contributed by atoms with Crippen LogP contribution in [0.3, 0.4) is 0 Å². The van der Waals surface area contributed by atoms with E-state index in [-0.39, 0.29) is 6.04 Å². The van der Waals surface area contributed by atoms with Crippen LogP contribution in [0.1, 0.15) is 45.1 Å². The Bertz CT molecular complexity index is 525. The predicted molar refractivity (Wildman–Crippen MR) is 81.8 cm³/mol. The van der Waals surface area contributed by atoms with Crippen LogP contribution in [0.2, 0.25) is 0 Å². The van der Waals surface area contributed by atoms with Crippen molar-refractivity contribution >= 4 is 11.7 Å². The molecule has 0 aliphatic rings. The summed E-state index contributed by atoms with van der Waals surface area (Å²) in [5.74, 6) is -1.00. The minimum Gasteiger partial charge on any atom is -0.325 e. The van der Waals surface area contributed by atoms with E-state index in [0.717, 1.165) is 37.8 Å². The lowest BCUT2D eigenvalue weighted by atomic mass is 10.1. The van der Waals surface area contributed by atoms with Gasteiger partial charge in [-0.1, -0.05) is 26.7 Å². The standard InChI is InChI=1S/C16H22F4N2O/c1-4-6-12(7-5-2)22(3)15(23)21-14-9-8-11(17)10-13(14)16(18,19)20/h8-10,12H,4-7H2,1-3H3,(H,21,23). The van der Waals surface area contributed by atoms with E-state index in [1.54, 1.807) is 7.05 Å². The largest absolute Gasteiger partial charge is 0.418 e. The average molecular weight is 334 g/mol. The van der Waals surface area contributed by atoms with Gasteiger partial charge in [0.15, 0.2) is 0 Å². The molecule has 7 heteroatoms. The van der Waals surface area contributed by atoms with Gasteiger partial charge in [-0.25, -0.2) is 9.18 Å². The van der Waals surface area contributed by atoms with E-state index >= 15 is 0 Å². The monoisotopic (exact) mass is 334 g/mol. The highest BCUT2D eigenvalue weighted by Crippen LogP contribution is 2.35. The number of urea groups is 1. The van der Waals surface area contributed by atoms with Crippen molar-refractivity contribution in [2.24, 2.45) is 0 Å². The van der Waals surface area contributed by atoms with Gasteiger partial charge in [-0.2, -0.15) is 13.2 Å². The third kappa shape index (κ3) is 5.41. The summed E-state index contributed by atoms with van der Waals surface area (Å²) in [5, 5.41) is 2.24. The molecule has 0 saturated carbocycles. The Balaban J connectivity index is 2.96. The van der Waals surface area contributed by atoms with Gasteiger partial charge in [-0.15, -0.1) is 0 Å². The number of rotatable bonds is 6. The van der Waals surface area contributed by atoms with Gasteiger partial charge in [-0.05, 0) is 31.0 Å². The third-order valence-electron chi connectivity index (χ3n) is 3.64. The molecule has 0 radical (unpaired) electrons. The maximum Gasteiger partial charge on any atom is 0.418 e. The zero-order valence-corrected chi connectivity index (χ0v) is 13.5. The lowest BCUT2D eigenvalue weighted by molar-refractivity contribution is -0.137. The molecule has 23 heavy (non-hydrogen) atoms. The number of nitrogens with one attached hydrogen (secondary N) is 1. The molecule has 1 N–H and O–H groups in total. The first-order chi connectivity index (χ1) is 10.7. The molecule has 0 fully saturated rings. The van der Waals surface area contributed by atoms with Crippen LogP contribution in [0.15, 0.2) is 18.2 Å². The number of alkyl halides is 3. The second-order valence-corrected chi connectivity index (χ2v) is 5.46. The van der Waals surface area contributed by atoms with Crippen molar-refractivity contribution in [1.29, 1.82) is 0 Å². The van der Waals surface area contributed by atoms with E-state index < -0.39 is 29.3 Å². The van der Waals surface area contributed by atoms with Crippen molar-refractivity contribution in [3.05, 3.63) is 29.6 Å². The van der Waals surface area contributed by atoms with E-state index in [4.69, 9.17) is 0 Å². The summed E-state index contributed by atoms with van der Waals surface area (Å²) in [6.45, 7) is 3.96. The molecule has 0 atom stereocenters. The van der Waals surface area contributed by atoms with Crippen LogP contribution in [0.25, 0.3) is 0 Å². The fourth-order valence-corrected chi connectivity index (χ4v) is 2.43. The molecule has 1 rings (SSSR count). The molecular formula is C16H22F4N2O. The summed E-state index contributed by atoms with van der Waals surface area (Å²) < 4.78 is 51.9. The maximum absolute atomic E-state index is 13.1. The Labute approximate surface area is 133 Å². The molecule has 1 aromatic carbocycles. The average Bonchev–Trinajstić information content (AvgIpc) is 2.47. The van der Waals surface area contributed by atoms with Crippen molar-refractivity contribution < 1.29 is 22.4 Å². The number of nitrogens with zero attached hydrogens (tertiary/aromatic N) is 1. The number of anilines is 1. The molecule has 0 spiro atoms. The fraction of sp³-hybridized carbons (Fsp3) is 0.562. The molecule has 0 unspecified atom stereocenters. The van der Waals surface area contributed by atoms with Crippen molar-refractivity contribution in [3.8, 4) is 0 Å². The zero-order chi connectivity index (χ0) is 17.6. The predicted octanol–water partition coefficient (Wildman–Crippen LogP) is 5.28. The first-order valence-corrected chi connectivity index (χ1v) is 7.61. The second-order valence-electron chi connectivity index (χ2n) is 5.46. The van der Waals surface area contributed by atoms with E-state index in [1.807, 2.05) is 13.8 Å². The molecule has 0 bridgehead atoms. The van der Waals surface area contributed by atoms with Gasteiger partial charge in [0.2, 0.25) is 0 Å². The van der Waals surface area contributed by atoms with E-state index in [0.29, 0.717) is 6.07 Å². The molecule has 3 nitrogen and oxygen atoms in total. The Morgan fingerprint density at radius 3 is 2.26 bits per heavy atom. The van der Waals surface area contributed by atoms with Crippen molar-refractivity contribution in [2.45, 2.75) is 51.7 Å². The first kappa shape index (κ1) is 19.3. The second kappa shape index (κ2) is 8.17. The Kier molecular flexibility index (Phi) is 6.84. The summed E-state index contributed by atoms with van der Waals surface area (Å²) in [6, 6.07) is 1.53. The summed E-state index contributed by atoms with van der Waals surface area (Å²) in [6.07, 6.45) is -1.46. The molecule has 1 aromatic rings. The topological polar surface area (TPSA) is 32.3 Å². The molecule has 0 heterocycles. The Morgan fingerprint density at radius 2 is 1.78 bits per heavy atom. The van der Waals surface area contributed by atoms with Crippen LogP contribution in [0.4, 0.5) is 28.0 Å². The van der Waals surface area contributed by atoms with E-state index in [2.05, 4.69) is 5.32 Å². The normalized spacial score (nSPS) is 11.7. The Hall–Kier alpha value is -1.79. The van der Waals surface area contributed by atoms with Gasteiger partial charge >= 0.3 is 12.2 Å². The van der Waals surface area contributed by atoms with Gasteiger partial charge in [0.1, 0.15) is 5.82 Å². The van der Waals surface area contributed by atoms with Crippen LogP contribution in [-0.2, 0) is 6.18 Å². The fourth-order valence-electron chi connectivity index (χ4n) is 2.43. The molecule has 130 valence electrons. The summed E-state index contributed by atoms with van der Waals surface area (Å²) in [5.41, 5.74) is -1.63. The molecule has 0 aliphatic heterocycles. The van der Waals surface area contributed by atoms with Gasteiger partial charge in [0.25, 0.3) is 0 Å². The number of hydrogen-bond donors (Lipinski definition) is 1. The molecule has 2 amide bonds. The van der Waals surface area contributed by atoms with E-state index in [9.17, 15) is 22.4 Å². The van der Waals surface area contributed by atoms with Crippen LogP contribution >= 0.6 is 0 Å². The molecule has 0 aromatic heterocycles. The number of benzene rings is 1. The lowest BCUT2D eigenvalue weighted by Gasteiger charge is -2.28. The maximum atomic E-state index is 13.1. The van der Waals surface area contributed by atoms with Gasteiger partial charge in [0.05, 0.1) is 11.3 Å². The number of carbonyl (C=O) groups is 1. The van der Waals surface area contributed by atoms with Crippen LogP contribution in [-0.4, -0.2) is 24.0 Å². The minimum atomic E-state index is -4.74. The number of hydrogen-bond acceptors (Lipinski definition) is 1. The quantitative estimate of drug-likeness (QED) is 0.706. The van der Waals surface area contributed by atoms with Crippen LogP contribution in [0, 0.1) is 5.82 Å². The lowest BCUT2D eigenvalue weighted by Crippen LogP contribution is -2.40. The molecule has 0 saturated heterocycles. The number of halogens is 4. The highest BCUT2D eigenvalue weighted by Gasteiger charge is 2.34. The van der Waals surface area contributed by atoms with Gasteiger partial charge in [-0.3, -0.25) is 0 Å². The van der Waals surface area contributed by atoms with Crippen molar-refractivity contribution in [3.63, 3.8) is 0 Å². The van der Waals surface area contributed by atoms with Crippen LogP contribution < -0.4 is 5.32 Å². The van der Waals surface area contributed by atoms with E-state index in [1.165, 1.54) is 4.90 Å². The number of amides is 2. The zero-order valence-electron chi connectivity index (χ0n) is 13.5. The van der Waals surface area contributed by atoms with Gasteiger partial charge < -0.3 is 10.2 Å². The van der Waals surface area contributed by atoms with Crippen LogP contribution in [0.5, 0.6) is 0 Å². The Morgan fingerprint density at radius 1 is 1.22 bits per heavy atom. The summed E-state index contributed by atoms with van der Waals surface area (Å²) in [7, 11) is 1.56. The minimum absolute atomic E-state index is 0.0419. The molecular weight excluding hydrogens is 312 g/mol. The summed E-state index contributed by atoms with van der Waals surface area (Å²) in [4.78, 5) is 13.6. The highest BCUT2D eigenvalue weighted by molar-refractivity contribution is 5.90. The smallest absolute Gasteiger partial charge is 0.325 e. The summed E-state index contributed by atoms with van der Waals surface area (Å²) >= 11 is 0. The number of carbonyl (C=O) groups excluding carboxylic acids is 1. The van der Waals surface area contributed by atoms with Gasteiger partial charge in [0, 0.05) is 13.1 Å². The first-order valence-electron chi connectivity index (χ1n) is 7.61. The SMILES string of the molecule is CCCC(CCC)N(C)C(=O)Nc1ccc(F)cc1C(F)(F)F. The van der Waals surface area contributed by atoms with Crippen molar-refractivity contribution in [2.75, 3.05) is 12.4 Å². The molecule has 0 aliphatic carbocycles. The van der Waals surface area contributed by atoms with Crippen molar-refractivity contribution in [1.82, 2.24) is 4.90 Å². The highest BCUT2D eigenvalue weighted by atomic mass is 19.4. The third-order valence-corrected chi connectivity index (χ3v) is 3.64.